The Morgan fingerprint density at radius 3 is 2.58 bits per heavy atom. The van der Waals surface area contributed by atoms with Gasteiger partial charge in [0, 0.05) is 25.9 Å². The number of hydrogen-bond donors (Lipinski definition) is 0. The predicted molar refractivity (Wildman–Crippen MR) is 143 cm³/mol. The standard InChI is InChI=1S/C28H33N5O5/c1-19-8-11-21(12-9-19)18-33-24-25(30-27(33)38-22-13-10-20(2)29-17-22)31(3)28(35)32(26(24)34)14-6-16-37-23-7-4-5-15-36-23/h8-13,17,23H,4-7,14-16,18H2,1-3H3. The molecule has 10 heteroatoms. The summed E-state index contributed by atoms with van der Waals surface area (Å²) in [5, 5.41) is 0. The lowest BCUT2D eigenvalue weighted by molar-refractivity contribution is -0.163. The van der Waals surface area contributed by atoms with Crippen LogP contribution >= 0.6 is 0 Å². The van der Waals surface area contributed by atoms with Gasteiger partial charge in [0.25, 0.3) is 5.56 Å². The van der Waals surface area contributed by atoms with Crippen molar-refractivity contribution in [3.05, 3.63) is 80.3 Å². The minimum Gasteiger partial charge on any atom is -0.424 e. The van der Waals surface area contributed by atoms with Gasteiger partial charge in [0.05, 0.1) is 19.3 Å². The van der Waals surface area contributed by atoms with Crippen molar-refractivity contribution in [2.45, 2.75) is 58.9 Å². The quantitative estimate of drug-likeness (QED) is 0.311. The van der Waals surface area contributed by atoms with E-state index in [0.717, 1.165) is 36.1 Å². The Kier molecular flexibility index (Phi) is 7.71. The largest absolute Gasteiger partial charge is 0.424 e. The van der Waals surface area contributed by atoms with Crippen molar-refractivity contribution in [2.75, 3.05) is 13.2 Å². The molecule has 1 aliphatic heterocycles. The van der Waals surface area contributed by atoms with Gasteiger partial charge in [0.15, 0.2) is 17.5 Å². The third-order valence-corrected chi connectivity index (χ3v) is 6.72. The van der Waals surface area contributed by atoms with Crippen LogP contribution in [0.5, 0.6) is 11.8 Å². The molecular weight excluding hydrogens is 486 g/mol. The molecule has 0 aliphatic carbocycles. The minimum absolute atomic E-state index is 0.210. The van der Waals surface area contributed by atoms with Crippen LogP contribution in [-0.4, -0.2) is 43.2 Å². The number of aromatic nitrogens is 5. The molecule has 4 aromatic rings. The fourth-order valence-corrected chi connectivity index (χ4v) is 4.55. The van der Waals surface area contributed by atoms with E-state index in [9.17, 15) is 9.59 Å². The van der Waals surface area contributed by atoms with E-state index in [0.29, 0.717) is 37.4 Å². The molecule has 3 aromatic heterocycles. The highest BCUT2D eigenvalue weighted by Gasteiger charge is 2.22. The number of fused-ring (bicyclic) bond motifs is 1. The Hall–Kier alpha value is -3.76. The van der Waals surface area contributed by atoms with E-state index in [1.165, 1.54) is 9.13 Å². The van der Waals surface area contributed by atoms with Crippen molar-refractivity contribution in [1.82, 2.24) is 23.7 Å². The molecule has 38 heavy (non-hydrogen) atoms. The van der Waals surface area contributed by atoms with Crippen molar-refractivity contribution in [1.29, 1.82) is 0 Å². The second-order valence-corrected chi connectivity index (χ2v) is 9.69. The van der Waals surface area contributed by atoms with Crippen molar-refractivity contribution in [2.24, 2.45) is 7.05 Å². The lowest BCUT2D eigenvalue weighted by Crippen LogP contribution is -2.40. The summed E-state index contributed by atoms with van der Waals surface area (Å²) in [7, 11) is 1.62. The molecule has 5 rings (SSSR count). The zero-order valence-corrected chi connectivity index (χ0v) is 22.1. The normalized spacial score (nSPS) is 15.7. The maximum atomic E-state index is 13.7. The first kappa shape index (κ1) is 25.9. The fourth-order valence-electron chi connectivity index (χ4n) is 4.55. The highest BCUT2D eigenvalue weighted by molar-refractivity contribution is 5.72. The first-order chi connectivity index (χ1) is 18.4. The fraction of sp³-hybridized carbons (Fsp3) is 0.429. The van der Waals surface area contributed by atoms with Crippen LogP contribution in [0.2, 0.25) is 0 Å². The molecule has 1 aromatic carbocycles. The van der Waals surface area contributed by atoms with E-state index in [-0.39, 0.29) is 24.5 Å². The van der Waals surface area contributed by atoms with Gasteiger partial charge >= 0.3 is 11.7 Å². The van der Waals surface area contributed by atoms with Crippen molar-refractivity contribution < 1.29 is 14.2 Å². The van der Waals surface area contributed by atoms with Crippen LogP contribution in [0.1, 0.15) is 42.5 Å². The van der Waals surface area contributed by atoms with Crippen LogP contribution in [0.3, 0.4) is 0 Å². The molecule has 1 unspecified atom stereocenters. The molecule has 1 fully saturated rings. The predicted octanol–water partition coefficient (Wildman–Crippen LogP) is 3.68. The van der Waals surface area contributed by atoms with Gasteiger partial charge in [-0.25, -0.2) is 4.79 Å². The van der Waals surface area contributed by atoms with Crippen LogP contribution in [0.25, 0.3) is 11.2 Å². The minimum atomic E-state index is -0.431. The molecule has 0 bridgehead atoms. The van der Waals surface area contributed by atoms with Crippen LogP contribution in [0, 0.1) is 13.8 Å². The van der Waals surface area contributed by atoms with Gasteiger partial charge in [-0.15, -0.1) is 0 Å². The van der Waals surface area contributed by atoms with Gasteiger partial charge in [0.2, 0.25) is 0 Å². The highest BCUT2D eigenvalue weighted by Crippen LogP contribution is 2.25. The maximum Gasteiger partial charge on any atom is 0.332 e. The zero-order valence-electron chi connectivity index (χ0n) is 22.1. The van der Waals surface area contributed by atoms with E-state index in [4.69, 9.17) is 14.2 Å². The Labute approximate surface area is 220 Å². The Balaban J connectivity index is 1.50. The highest BCUT2D eigenvalue weighted by atomic mass is 16.7. The SMILES string of the molecule is Cc1ccc(Cn2c(Oc3ccc(C)nc3)nc3c2c(=O)n(CCCOC2CCCCO2)c(=O)n3C)cc1. The third-order valence-electron chi connectivity index (χ3n) is 6.72. The third kappa shape index (κ3) is 5.56. The molecule has 0 amide bonds. The van der Waals surface area contributed by atoms with Gasteiger partial charge in [0.1, 0.15) is 5.75 Å². The average Bonchev–Trinajstić information content (AvgIpc) is 3.28. The monoisotopic (exact) mass is 519 g/mol. The Bertz CT molecular complexity index is 1510. The summed E-state index contributed by atoms with van der Waals surface area (Å²) in [5.74, 6) is 0.489. The average molecular weight is 520 g/mol. The summed E-state index contributed by atoms with van der Waals surface area (Å²) < 4.78 is 21.9. The van der Waals surface area contributed by atoms with E-state index >= 15 is 0 Å². The van der Waals surface area contributed by atoms with E-state index in [2.05, 4.69) is 9.97 Å². The molecular formula is C28H33N5O5. The number of rotatable bonds is 9. The van der Waals surface area contributed by atoms with Crippen molar-refractivity contribution in [3.8, 4) is 11.8 Å². The van der Waals surface area contributed by atoms with Crippen LogP contribution in [0.15, 0.2) is 52.2 Å². The summed E-state index contributed by atoms with van der Waals surface area (Å²) in [6.07, 6.45) is 4.90. The molecule has 4 heterocycles. The molecule has 0 N–H and O–H groups in total. The molecule has 0 spiro atoms. The molecule has 1 atom stereocenters. The number of imidazole rings is 1. The van der Waals surface area contributed by atoms with Crippen molar-refractivity contribution >= 4 is 11.2 Å². The van der Waals surface area contributed by atoms with Gasteiger partial charge in [-0.2, -0.15) is 4.98 Å². The Morgan fingerprint density at radius 2 is 1.87 bits per heavy atom. The van der Waals surface area contributed by atoms with Gasteiger partial charge < -0.3 is 14.2 Å². The molecule has 200 valence electrons. The number of pyridine rings is 1. The first-order valence-corrected chi connectivity index (χ1v) is 13.0. The second kappa shape index (κ2) is 11.3. The number of benzene rings is 1. The van der Waals surface area contributed by atoms with Gasteiger partial charge in [-0.1, -0.05) is 29.8 Å². The second-order valence-electron chi connectivity index (χ2n) is 9.69. The van der Waals surface area contributed by atoms with E-state index in [1.54, 1.807) is 23.9 Å². The lowest BCUT2D eigenvalue weighted by atomic mass is 10.1. The van der Waals surface area contributed by atoms with Gasteiger partial charge in [-0.05, 0) is 57.2 Å². The molecule has 10 nitrogen and oxygen atoms in total. The number of nitrogens with zero attached hydrogens (tertiary/aromatic N) is 5. The number of ether oxygens (including phenoxy) is 3. The maximum absolute atomic E-state index is 13.7. The molecule has 0 radical (unpaired) electrons. The van der Waals surface area contributed by atoms with Crippen LogP contribution in [0.4, 0.5) is 0 Å². The summed E-state index contributed by atoms with van der Waals surface area (Å²) in [6, 6.07) is 11.9. The van der Waals surface area contributed by atoms with Crippen molar-refractivity contribution in [3.63, 3.8) is 0 Å². The van der Waals surface area contributed by atoms with Gasteiger partial charge in [-0.3, -0.25) is 23.5 Å². The van der Waals surface area contributed by atoms with Crippen LogP contribution < -0.4 is 16.0 Å². The first-order valence-electron chi connectivity index (χ1n) is 13.0. The molecule has 1 aliphatic rings. The summed E-state index contributed by atoms with van der Waals surface area (Å²) in [4.78, 5) is 35.8. The van der Waals surface area contributed by atoms with E-state index < -0.39 is 11.2 Å². The number of aryl methyl sites for hydroxylation is 3. The number of hydrogen-bond acceptors (Lipinski definition) is 7. The molecule has 0 saturated carbocycles. The summed E-state index contributed by atoms with van der Waals surface area (Å²) in [6.45, 7) is 5.59. The van der Waals surface area contributed by atoms with E-state index in [1.807, 2.05) is 44.2 Å². The molecule has 1 saturated heterocycles. The lowest BCUT2D eigenvalue weighted by Gasteiger charge is -2.22. The van der Waals surface area contributed by atoms with Crippen LogP contribution in [-0.2, 0) is 29.6 Å². The smallest absolute Gasteiger partial charge is 0.332 e. The zero-order chi connectivity index (χ0) is 26.6. The topological polar surface area (TPSA) is 102 Å². The Morgan fingerprint density at radius 1 is 1.05 bits per heavy atom. The summed E-state index contributed by atoms with van der Waals surface area (Å²) in [5.41, 5.74) is 2.70. The summed E-state index contributed by atoms with van der Waals surface area (Å²) >= 11 is 0.